The molecule has 4 nitrogen and oxygen atoms in total. The molecule has 0 saturated carbocycles. The van der Waals surface area contributed by atoms with E-state index in [4.69, 9.17) is 21.1 Å². The maximum atomic E-state index is 12.8. The van der Waals surface area contributed by atoms with Crippen LogP contribution in [-0.4, -0.2) is 19.1 Å². The minimum Gasteiger partial charge on any atom is -0.496 e. The molecule has 0 heterocycles. The summed E-state index contributed by atoms with van der Waals surface area (Å²) in [5, 5.41) is 3.67. The fourth-order valence-corrected chi connectivity index (χ4v) is 3.40. The molecule has 2 aromatic carbocycles. The molecular formula is C23H30ClNO3. The van der Waals surface area contributed by atoms with E-state index in [0.717, 1.165) is 22.4 Å². The van der Waals surface area contributed by atoms with Gasteiger partial charge in [-0.3, -0.25) is 4.79 Å². The topological polar surface area (TPSA) is 47.6 Å². The molecule has 0 saturated heterocycles. The number of aryl methyl sites for hydroxylation is 1. The molecule has 0 aliphatic carbocycles. The van der Waals surface area contributed by atoms with E-state index in [1.165, 1.54) is 0 Å². The van der Waals surface area contributed by atoms with Crippen molar-refractivity contribution in [3.8, 4) is 11.5 Å². The lowest BCUT2D eigenvalue weighted by molar-refractivity contribution is -0.128. The van der Waals surface area contributed by atoms with Crippen LogP contribution in [0.15, 0.2) is 36.4 Å². The lowest BCUT2D eigenvalue weighted by Crippen LogP contribution is -2.39. The number of halogens is 1. The third-order valence-electron chi connectivity index (χ3n) is 4.80. The first-order chi connectivity index (χ1) is 13.3. The van der Waals surface area contributed by atoms with E-state index < -0.39 is 6.10 Å². The largest absolute Gasteiger partial charge is 0.496 e. The summed E-state index contributed by atoms with van der Waals surface area (Å²) >= 11 is 6.01. The smallest absolute Gasteiger partial charge is 0.261 e. The van der Waals surface area contributed by atoms with Crippen molar-refractivity contribution < 1.29 is 14.3 Å². The summed E-state index contributed by atoms with van der Waals surface area (Å²) in [6.07, 6.45) is -0.0202. The molecule has 2 aromatic rings. The molecule has 0 spiro atoms. The Morgan fingerprint density at radius 1 is 1.14 bits per heavy atom. The highest BCUT2D eigenvalue weighted by Crippen LogP contribution is 2.32. The zero-order valence-electron chi connectivity index (χ0n) is 17.5. The number of nitrogens with one attached hydrogen (secondary N) is 1. The summed E-state index contributed by atoms with van der Waals surface area (Å²) in [6, 6.07) is 11.1. The van der Waals surface area contributed by atoms with Crippen LogP contribution in [0, 0.1) is 6.92 Å². The number of methoxy groups -OCH3 is 1. The fraction of sp³-hybridized carbons (Fsp3) is 0.435. The van der Waals surface area contributed by atoms with Gasteiger partial charge >= 0.3 is 0 Å². The Bertz CT molecular complexity index is 819. The molecule has 28 heavy (non-hydrogen) atoms. The zero-order chi connectivity index (χ0) is 20.8. The van der Waals surface area contributed by atoms with E-state index in [0.29, 0.717) is 23.1 Å². The summed E-state index contributed by atoms with van der Waals surface area (Å²) in [6.45, 7) is 10.2. The predicted molar refractivity (Wildman–Crippen MR) is 115 cm³/mol. The van der Waals surface area contributed by atoms with Crippen LogP contribution in [-0.2, 0) is 4.79 Å². The minimum absolute atomic E-state index is 0.142. The molecule has 0 bridgehead atoms. The summed E-state index contributed by atoms with van der Waals surface area (Å²) in [5.74, 6) is 1.65. The molecule has 0 aliphatic rings. The monoisotopic (exact) mass is 403 g/mol. The quantitative estimate of drug-likeness (QED) is 0.604. The molecule has 0 aromatic heterocycles. The second-order valence-corrected chi connectivity index (χ2v) is 7.74. The fourth-order valence-electron chi connectivity index (χ4n) is 3.22. The van der Waals surface area contributed by atoms with E-state index in [2.05, 4.69) is 25.2 Å². The number of carbonyl (C=O) groups excluding carboxylic acids is 1. The molecule has 0 aliphatic heterocycles. The Hall–Kier alpha value is -2.20. The van der Waals surface area contributed by atoms with Gasteiger partial charge in [0.05, 0.1) is 13.2 Å². The number of benzene rings is 2. The first-order valence-electron chi connectivity index (χ1n) is 9.67. The molecule has 5 heteroatoms. The van der Waals surface area contributed by atoms with E-state index in [-0.39, 0.29) is 11.9 Å². The van der Waals surface area contributed by atoms with Crippen LogP contribution in [0.25, 0.3) is 0 Å². The van der Waals surface area contributed by atoms with Crippen LogP contribution in [0.3, 0.4) is 0 Å². The SMILES string of the molecule is CCC(Oc1cccc(Cl)c1)C(=O)NC(C)c1cc(C(C)C)c(OC)cc1C. The number of rotatable bonds is 8. The number of amides is 1. The van der Waals surface area contributed by atoms with Gasteiger partial charge in [0.15, 0.2) is 6.10 Å². The molecule has 0 fully saturated rings. The highest BCUT2D eigenvalue weighted by molar-refractivity contribution is 6.30. The van der Waals surface area contributed by atoms with Crippen LogP contribution in [0.1, 0.15) is 62.8 Å². The Balaban J connectivity index is 2.17. The third-order valence-corrected chi connectivity index (χ3v) is 5.04. The first-order valence-corrected chi connectivity index (χ1v) is 10.1. The van der Waals surface area contributed by atoms with Gasteiger partial charge in [0.25, 0.3) is 5.91 Å². The number of carbonyl (C=O) groups is 1. The van der Waals surface area contributed by atoms with Gasteiger partial charge in [-0.25, -0.2) is 0 Å². The predicted octanol–water partition coefficient (Wildman–Crippen LogP) is 5.82. The molecule has 1 amide bonds. The van der Waals surface area contributed by atoms with Gasteiger partial charge in [-0.05, 0) is 73.2 Å². The van der Waals surface area contributed by atoms with Crippen molar-refractivity contribution in [3.63, 3.8) is 0 Å². The summed E-state index contributed by atoms with van der Waals surface area (Å²) < 4.78 is 11.4. The normalized spacial score (nSPS) is 13.1. The second kappa shape index (κ2) is 9.83. The van der Waals surface area contributed by atoms with Crippen molar-refractivity contribution in [1.29, 1.82) is 0 Å². The van der Waals surface area contributed by atoms with Gasteiger partial charge in [0, 0.05) is 5.02 Å². The molecule has 2 atom stereocenters. The molecule has 0 radical (unpaired) electrons. The Morgan fingerprint density at radius 2 is 1.86 bits per heavy atom. The van der Waals surface area contributed by atoms with Crippen LogP contribution in [0.5, 0.6) is 11.5 Å². The molecule has 152 valence electrons. The van der Waals surface area contributed by atoms with E-state index in [1.807, 2.05) is 26.8 Å². The van der Waals surface area contributed by atoms with Crippen molar-refractivity contribution in [2.24, 2.45) is 0 Å². The van der Waals surface area contributed by atoms with Gasteiger partial charge in [-0.15, -0.1) is 0 Å². The van der Waals surface area contributed by atoms with Crippen LogP contribution in [0.4, 0.5) is 0 Å². The lowest BCUT2D eigenvalue weighted by Gasteiger charge is -2.23. The first kappa shape index (κ1) is 22.1. The van der Waals surface area contributed by atoms with Crippen molar-refractivity contribution in [1.82, 2.24) is 5.32 Å². The van der Waals surface area contributed by atoms with Gasteiger partial charge in [-0.2, -0.15) is 0 Å². The number of hydrogen-bond acceptors (Lipinski definition) is 3. The van der Waals surface area contributed by atoms with E-state index in [9.17, 15) is 4.79 Å². The summed E-state index contributed by atoms with van der Waals surface area (Å²) in [4.78, 5) is 12.8. The average Bonchev–Trinajstić information content (AvgIpc) is 2.65. The summed E-state index contributed by atoms with van der Waals surface area (Å²) in [5.41, 5.74) is 3.29. The van der Waals surface area contributed by atoms with Crippen molar-refractivity contribution in [2.75, 3.05) is 7.11 Å². The maximum Gasteiger partial charge on any atom is 0.261 e. The number of ether oxygens (including phenoxy) is 2. The zero-order valence-corrected chi connectivity index (χ0v) is 18.3. The Kier molecular flexibility index (Phi) is 7.76. The molecule has 2 unspecified atom stereocenters. The Morgan fingerprint density at radius 3 is 2.43 bits per heavy atom. The third kappa shape index (κ3) is 5.41. The molecule has 2 rings (SSSR count). The maximum absolute atomic E-state index is 12.8. The Labute approximate surface area is 173 Å². The molecule has 1 N–H and O–H groups in total. The van der Waals surface area contributed by atoms with Crippen molar-refractivity contribution in [3.05, 3.63) is 58.1 Å². The molecular weight excluding hydrogens is 374 g/mol. The highest BCUT2D eigenvalue weighted by Gasteiger charge is 2.22. The van der Waals surface area contributed by atoms with Crippen LogP contribution < -0.4 is 14.8 Å². The van der Waals surface area contributed by atoms with E-state index in [1.54, 1.807) is 31.4 Å². The lowest BCUT2D eigenvalue weighted by atomic mass is 9.93. The highest BCUT2D eigenvalue weighted by atomic mass is 35.5. The number of hydrogen-bond donors (Lipinski definition) is 1. The minimum atomic E-state index is -0.580. The van der Waals surface area contributed by atoms with Crippen molar-refractivity contribution in [2.45, 2.75) is 59.1 Å². The van der Waals surface area contributed by atoms with Crippen LogP contribution in [0.2, 0.25) is 5.02 Å². The van der Waals surface area contributed by atoms with E-state index >= 15 is 0 Å². The van der Waals surface area contributed by atoms with Gasteiger partial charge < -0.3 is 14.8 Å². The standard InChI is InChI=1S/C23H30ClNO3/c1-7-21(28-18-10-8-9-17(24)12-18)23(26)25-16(5)20-13-19(14(2)3)22(27-6)11-15(20)4/h8-14,16,21H,7H2,1-6H3,(H,25,26). The average molecular weight is 404 g/mol. The second-order valence-electron chi connectivity index (χ2n) is 7.31. The van der Waals surface area contributed by atoms with Gasteiger partial charge in [0.1, 0.15) is 11.5 Å². The van der Waals surface area contributed by atoms with Gasteiger partial charge in [0.2, 0.25) is 0 Å². The van der Waals surface area contributed by atoms with Gasteiger partial charge in [-0.1, -0.05) is 38.4 Å². The van der Waals surface area contributed by atoms with Crippen LogP contribution >= 0.6 is 11.6 Å². The summed E-state index contributed by atoms with van der Waals surface area (Å²) in [7, 11) is 1.69. The van der Waals surface area contributed by atoms with Crippen molar-refractivity contribution >= 4 is 17.5 Å².